The molecule has 2 aromatic rings. The molecule has 0 saturated carbocycles. The Bertz CT molecular complexity index is 554. The fraction of sp³-hybridized carbons (Fsp3) is 0.417. The smallest absolute Gasteiger partial charge is 0.232 e. The van der Waals surface area contributed by atoms with Crippen molar-refractivity contribution in [3.63, 3.8) is 0 Å². The van der Waals surface area contributed by atoms with E-state index in [-0.39, 0.29) is 0 Å². The van der Waals surface area contributed by atoms with Crippen molar-refractivity contribution in [3.05, 3.63) is 22.8 Å². The molecule has 0 atom stereocenters. The molecular weight excluding hydrogens is 248 g/mol. The second kappa shape index (κ2) is 4.89. The average Bonchev–Trinajstić information content (AvgIpc) is 2.87. The van der Waals surface area contributed by atoms with Gasteiger partial charge in [-0.05, 0) is 48.7 Å². The van der Waals surface area contributed by atoms with Crippen LogP contribution in [0.25, 0.3) is 0 Å². The Hall–Kier alpha value is -1.69. The molecule has 0 bridgehead atoms. The van der Waals surface area contributed by atoms with Crippen LogP contribution in [0, 0.1) is 20.8 Å². The summed E-state index contributed by atoms with van der Waals surface area (Å²) in [5.74, 6) is 0.914. The fourth-order valence-electron chi connectivity index (χ4n) is 2.11. The molecule has 1 heterocycles. The Morgan fingerprint density at radius 1 is 1.22 bits per heavy atom. The molecule has 0 aliphatic rings. The van der Waals surface area contributed by atoms with Crippen LogP contribution in [0.4, 0.5) is 10.8 Å². The third kappa shape index (κ3) is 2.03. The monoisotopic (exact) mass is 264 g/mol. The Morgan fingerprint density at radius 3 is 2.50 bits per heavy atom. The molecular formula is C12H16N4OS. The van der Waals surface area contributed by atoms with Crippen molar-refractivity contribution in [3.8, 4) is 5.75 Å². The van der Waals surface area contributed by atoms with E-state index in [0.717, 1.165) is 27.7 Å². The Balaban J connectivity index is 2.55. The van der Waals surface area contributed by atoms with E-state index < -0.39 is 0 Å². The highest BCUT2D eigenvalue weighted by Gasteiger charge is 2.17. The maximum Gasteiger partial charge on any atom is 0.232 e. The Labute approximate surface area is 111 Å². The Kier molecular flexibility index (Phi) is 3.47. The van der Waals surface area contributed by atoms with E-state index in [2.05, 4.69) is 35.6 Å². The lowest BCUT2D eigenvalue weighted by atomic mass is 10.0. The van der Waals surface area contributed by atoms with E-state index in [9.17, 15) is 0 Å². The largest absolute Gasteiger partial charge is 0.496 e. The van der Waals surface area contributed by atoms with Gasteiger partial charge in [-0.25, -0.2) is 0 Å². The van der Waals surface area contributed by atoms with Crippen LogP contribution in [0.5, 0.6) is 5.75 Å². The van der Waals surface area contributed by atoms with E-state index in [1.165, 1.54) is 17.1 Å². The van der Waals surface area contributed by atoms with Crippen LogP contribution in [0.2, 0.25) is 0 Å². The minimum absolute atomic E-state index is 0.783. The van der Waals surface area contributed by atoms with Crippen molar-refractivity contribution in [1.29, 1.82) is 0 Å². The van der Waals surface area contributed by atoms with Crippen LogP contribution < -0.4 is 9.64 Å². The van der Waals surface area contributed by atoms with Gasteiger partial charge in [-0.1, -0.05) is 9.59 Å². The number of benzene rings is 1. The summed E-state index contributed by atoms with van der Waals surface area (Å²) in [7, 11) is 3.67. The standard InChI is InChI=1S/C12H16N4OS/c1-7-6-10(17-5)8(2)9(3)11(7)16(4)12-13-14-15-18-12/h6H,1-5H3. The van der Waals surface area contributed by atoms with Crippen molar-refractivity contribution in [2.45, 2.75) is 20.8 Å². The minimum Gasteiger partial charge on any atom is -0.496 e. The predicted molar refractivity (Wildman–Crippen MR) is 73.0 cm³/mol. The van der Waals surface area contributed by atoms with Crippen molar-refractivity contribution in [1.82, 2.24) is 14.8 Å². The van der Waals surface area contributed by atoms with E-state index in [1.807, 2.05) is 18.0 Å². The summed E-state index contributed by atoms with van der Waals surface area (Å²) in [6.45, 7) is 6.21. The first-order valence-corrected chi connectivity index (χ1v) is 6.37. The van der Waals surface area contributed by atoms with Gasteiger partial charge >= 0.3 is 0 Å². The summed E-state index contributed by atoms with van der Waals surface area (Å²) < 4.78 is 9.17. The molecule has 0 amide bonds. The second-order valence-corrected chi connectivity index (χ2v) is 4.91. The molecule has 0 aliphatic heterocycles. The van der Waals surface area contributed by atoms with Crippen molar-refractivity contribution < 1.29 is 4.74 Å². The number of aryl methyl sites for hydroxylation is 1. The molecule has 0 aliphatic carbocycles. The van der Waals surface area contributed by atoms with Gasteiger partial charge in [-0.3, -0.25) is 0 Å². The zero-order chi connectivity index (χ0) is 13.3. The molecule has 1 aromatic heterocycles. The van der Waals surface area contributed by atoms with Gasteiger partial charge in [0.25, 0.3) is 0 Å². The molecule has 0 N–H and O–H groups in total. The molecule has 5 nitrogen and oxygen atoms in total. The number of ether oxygens (including phenoxy) is 1. The molecule has 0 saturated heterocycles. The van der Waals surface area contributed by atoms with Gasteiger partial charge in [-0.15, -0.1) is 0 Å². The summed E-state index contributed by atoms with van der Waals surface area (Å²) in [6.07, 6.45) is 0. The van der Waals surface area contributed by atoms with Gasteiger partial charge in [0.1, 0.15) is 5.75 Å². The number of nitrogens with zero attached hydrogens (tertiary/aromatic N) is 4. The topological polar surface area (TPSA) is 51.1 Å². The number of rotatable bonds is 3. The highest BCUT2D eigenvalue weighted by atomic mass is 32.1. The third-order valence-electron chi connectivity index (χ3n) is 3.14. The SMILES string of the molecule is COc1cc(C)c(N(C)c2nnns2)c(C)c1C. The fourth-order valence-corrected chi connectivity index (χ4v) is 2.55. The van der Waals surface area contributed by atoms with Gasteiger partial charge in [0.2, 0.25) is 5.13 Å². The van der Waals surface area contributed by atoms with Gasteiger partial charge in [0.15, 0.2) is 0 Å². The van der Waals surface area contributed by atoms with Crippen LogP contribution in [0.15, 0.2) is 6.07 Å². The van der Waals surface area contributed by atoms with E-state index in [0.29, 0.717) is 0 Å². The zero-order valence-corrected chi connectivity index (χ0v) is 12.0. The second-order valence-electron chi connectivity index (χ2n) is 4.20. The molecule has 1 aromatic carbocycles. The van der Waals surface area contributed by atoms with E-state index in [4.69, 9.17) is 4.74 Å². The summed E-state index contributed by atoms with van der Waals surface area (Å²) >= 11 is 1.28. The maximum absolute atomic E-state index is 5.38. The maximum atomic E-state index is 5.38. The number of methoxy groups -OCH3 is 1. The van der Waals surface area contributed by atoms with Gasteiger partial charge in [0.05, 0.1) is 7.11 Å². The third-order valence-corrected chi connectivity index (χ3v) is 3.81. The summed E-state index contributed by atoms with van der Waals surface area (Å²) in [5.41, 5.74) is 4.60. The van der Waals surface area contributed by atoms with Crippen LogP contribution in [-0.2, 0) is 0 Å². The highest BCUT2D eigenvalue weighted by molar-refractivity contribution is 7.09. The van der Waals surface area contributed by atoms with Crippen LogP contribution >= 0.6 is 11.5 Å². The van der Waals surface area contributed by atoms with Gasteiger partial charge < -0.3 is 9.64 Å². The first-order valence-electron chi connectivity index (χ1n) is 5.59. The Morgan fingerprint density at radius 2 is 1.94 bits per heavy atom. The molecule has 0 unspecified atom stereocenters. The number of anilines is 2. The average molecular weight is 264 g/mol. The van der Waals surface area contributed by atoms with Crippen molar-refractivity contribution >= 4 is 22.4 Å². The quantitative estimate of drug-likeness (QED) is 0.853. The molecule has 96 valence electrons. The number of aromatic nitrogens is 3. The van der Waals surface area contributed by atoms with Crippen molar-refractivity contribution in [2.75, 3.05) is 19.1 Å². The molecule has 2 rings (SSSR count). The van der Waals surface area contributed by atoms with Crippen LogP contribution in [-0.4, -0.2) is 29.0 Å². The predicted octanol–water partition coefficient (Wildman–Crippen LogP) is 2.63. The first kappa shape index (κ1) is 12.8. The minimum atomic E-state index is 0.783. The molecule has 0 fully saturated rings. The normalized spacial score (nSPS) is 10.5. The van der Waals surface area contributed by atoms with E-state index in [1.54, 1.807) is 7.11 Å². The van der Waals surface area contributed by atoms with Gasteiger partial charge in [-0.2, -0.15) is 0 Å². The zero-order valence-electron chi connectivity index (χ0n) is 11.2. The van der Waals surface area contributed by atoms with Gasteiger partial charge in [0, 0.05) is 24.3 Å². The van der Waals surface area contributed by atoms with Crippen molar-refractivity contribution in [2.24, 2.45) is 0 Å². The van der Waals surface area contributed by atoms with Crippen LogP contribution in [0.3, 0.4) is 0 Å². The summed E-state index contributed by atoms with van der Waals surface area (Å²) in [5, 5.41) is 8.42. The van der Waals surface area contributed by atoms with Crippen LogP contribution in [0.1, 0.15) is 16.7 Å². The molecule has 0 radical (unpaired) electrons. The molecule has 0 spiro atoms. The lowest BCUT2D eigenvalue weighted by Crippen LogP contribution is -2.13. The van der Waals surface area contributed by atoms with E-state index >= 15 is 0 Å². The first-order chi connectivity index (χ1) is 8.56. The molecule has 18 heavy (non-hydrogen) atoms. The highest BCUT2D eigenvalue weighted by Crippen LogP contribution is 2.36. The number of hydrogen-bond acceptors (Lipinski definition) is 6. The lowest BCUT2D eigenvalue weighted by molar-refractivity contribution is 0.411. The summed E-state index contributed by atoms with van der Waals surface area (Å²) in [4.78, 5) is 2.02. The number of hydrogen-bond donors (Lipinski definition) is 0. The molecule has 6 heteroatoms. The lowest BCUT2D eigenvalue weighted by Gasteiger charge is -2.22. The summed E-state index contributed by atoms with van der Waals surface area (Å²) in [6, 6.07) is 2.04.